The van der Waals surface area contributed by atoms with Gasteiger partial charge >= 0.3 is 0 Å². The van der Waals surface area contributed by atoms with Gasteiger partial charge in [0.15, 0.2) is 9.84 Å². The first kappa shape index (κ1) is 19.7. The molecular formula is C20H20N2O5S2. The fourth-order valence-corrected chi connectivity index (χ4v) is 5.01. The lowest BCUT2D eigenvalue weighted by atomic mass is 10.0. The number of rotatable bonds is 6. The molecule has 0 saturated heterocycles. The van der Waals surface area contributed by atoms with Gasteiger partial charge in [-0.25, -0.2) is 13.4 Å². The number of amides is 1. The highest BCUT2D eigenvalue weighted by molar-refractivity contribution is 7.92. The second-order valence-corrected chi connectivity index (χ2v) is 10.1. The molecule has 0 saturated carbocycles. The first-order valence-corrected chi connectivity index (χ1v) is 11.8. The van der Waals surface area contributed by atoms with E-state index >= 15 is 0 Å². The first-order valence-electron chi connectivity index (χ1n) is 9.16. The molecule has 0 fully saturated rings. The van der Waals surface area contributed by atoms with Gasteiger partial charge in [-0.05, 0) is 24.4 Å². The zero-order chi connectivity index (χ0) is 20.4. The van der Waals surface area contributed by atoms with Crippen molar-refractivity contribution in [3.63, 3.8) is 0 Å². The summed E-state index contributed by atoms with van der Waals surface area (Å²) in [4.78, 5) is 17.7. The number of carbonyl (C=O) groups is 1. The molecule has 1 N–H and O–H groups in total. The number of oxazole rings is 1. The summed E-state index contributed by atoms with van der Waals surface area (Å²) in [6.07, 6.45) is 1.91. The molecule has 3 heterocycles. The van der Waals surface area contributed by atoms with Crippen LogP contribution in [0.15, 0.2) is 52.5 Å². The maximum absolute atomic E-state index is 12.8. The van der Waals surface area contributed by atoms with E-state index in [9.17, 15) is 13.2 Å². The largest absolute Gasteiger partial charge is 0.493 e. The molecule has 2 atom stereocenters. The van der Waals surface area contributed by atoms with Gasteiger partial charge in [0.25, 0.3) is 0 Å². The van der Waals surface area contributed by atoms with Gasteiger partial charge in [-0.1, -0.05) is 24.3 Å². The Morgan fingerprint density at radius 3 is 2.93 bits per heavy atom. The topological polar surface area (TPSA) is 98.5 Å². The van der Waals surface area contributed by atoms with E-state index in [1.54, 1.807) is 0 Å². The van der Waals surface area contributed by atoms with Crippen LogP contribution in [0, 0.1) is 0 Å². The molecule has 0 unspecified atom stereocenters. The van der Waals surface area contributed by atoms with Crippen molar-refractivity contribution in [1.82, 2.24) is 10.3 Å². The number of hydrogen-bond donors (Lipinski definition) is 1. The quantitative estimate of drug-likeness (QED) is 0.641. The monoisotopic (exact) mass is 432 g/mol. The minimum Gasteiger partial charge on any atom is -0.493 e. The third kappa shape index (κ3) is 4.20. The zero-order valence-corrected chi connectivity index (χ0v) is 17.3. The molecule has 0 radical (unpaired) electrons. The zero-order valence-electron chi connectivity index (χ0n) is 15.7. The molecule has 1 aromatic carbocycles. The number of para-hydroxylation sites is 1. The normalized spacial score (nSPS) is 17.2. The van der Waals surface area contributed by atoms with Gasteiger partial charge in [0.2, 0.25) is 11.8 Å². The average molecular weight is 433 g/mol. The minimum absolute atomic E-state index is 0.275. The molecule has 152 valence electrons. The minimum atomic E-state index is -3.76. The number of sulfone groups is 1. The van der Waals surface area contributed by atoms with E-state index in [1.165, 1.54) is 24.5 Å². The summed E-state index contributed by atoms with van der Waals surface area (Å²) in [5, 5.41) is 3.53. The molecule has 0 aliphatic carbocycles. The number of benzene rings is 1. The van der Waals surface area contributed by atoms with Gasteiger partial charge < -0.3 is 14.5 Å². The molecule has 1 aliphatic rings. The lowest BCUT2D eigenvalue weighted by Gasteiger charge is -2.27. The third-order valence-corrected chi connectivity index (χ3v) is 7.66. The number of thiophene rings is 1. The van der Waals surface area contributed by atoms with E-state index in [4.69, 9.17) is 9.15 Å². The Hall–Kier alpha value is -2.65. The number of ether oxygens (including phenoxy) is 1. The lowest BCUT2D eigenvalue weighted by Crippen LogP contribution is -2.41. The number of nitrogens with zero attached hydrogens (tertiary/aromatic N) is 1. The summed E-state index contributed by atoms with van der Waals surface area (Å²) < 4.78 is 36.5. The van der Waals surface area contributed by atoms with Crippen molar-refractivity contribution in [3.8, 4) is 16.5 Å². The summed E-state index contributed by atoms with van der Waals surface area (Å²) in [5.74, 6) is 0.193. The Bertz CT molecular complexity index is 1110. The van der Waals surface area contributed by atoms with Crippen LogP contribution in [0.3, 0.4) is 0 Å². The third-order valence-electron chi connectivity index (χ3n) is 4.82. The van der Waals surface area contributed by atoms with Gasteiger partial charge in [0, 0.05) is 12.0 Å². The predicted molar refractivity (Wildman–Crippen MR) is 109 cm³/mol. The van der Waals surface area contributed by atoms with Gasteiger partial charge in [-0.2, -0.15) is 0 Å². The Labute approximate surface area is 172 Å². The number of hydrogen-bond acceptors (Lipinski definition) is 7. The van der Waals surface area contributed by atoms with Gasteiger partial charge in [0.05, 0.1) is 29.0 Å². The van der Waals surface area contributed by atoms with Crippen molar-refractivity contribution in [2.45, 2.75) is 30.4 Å². The highest BCUT2D eigenvalue weighted by Gasteiger charge is 2.32. The van der Waals surface area contributed by atoms with E-state index in [0.29, 0.717) is 24.7 Å². The van der Waals surface area contributed by atoms with Crippen LogP contribution in [0.2, 0.25) is 0 Å². The Morgan fingerprint density at radius 2 is 2.14 bits per heavy atom. The van der Waals surface area contributed by atoms with Gasteiger partial charge in [-0.15, -0.1) is 11.3 Å². The molecule has 29 heavy (non-hydrogen) atoms. The second kappa shape index (κ2) is 8.00. The average Bonchev–Trinajstić information content (AvgIpc) is 3.39. The van der Waals surface area contributed by atoms with E-state index in [2.05, 4.69) is 10.3 Å². The van der Waals surface area contributed by atoms with Crippen molar-refractivity contribution in [2.24, 2.45) is 0 Å². The van der Waals surface area contributed by atoms with Crippen LogP contribution in [0.5, 0.6) is 5.75 Å². The molecule has 7 nitrogen and oxygen atoms in total. The van der Waals surface area contributed by atoms with Crippen LogP contribution in [0.25, 0.3) is 10.8 Å². The summed E-state index contributed by atoms with van der Waals surface area (Å²) in [5.41, 5.74) is 1.14. The van der Waals surface area contributed by atoms with E-state index in [1.807, 2.05) is 41.8 Å². The number of carbonyl (C=O) groups excluding carboxylic acids is 1. The Kier molecular flexibility index (Phi) is 5.42. The summed E-state index contributed by atoms with van der Waals surface area (Å²) in [7, 11) is -3.76. The van der Waals surface area contributed by atoms with E-state index < -0.39 is 21.0 Å². The smallest absolute Gasteiger partial charge is 0.238 e. The van der Waals surface area contributed by atoms with E-state index in [-0.39, 0.29) is 17.5 Å². The lowest BCUT2D eigenvalue weighted by molar-refractivity contribution is -0.121. The maximum atomic E-state index is 12.8. The van der Waals surface area contributed by atoms with Crippen LogP contribution in [-0.2, 0) is 20.4 Å². The summed E-state index contributed by atoms with van der Waals surface area (Å²) in [6, 6.07) is 10.9. The highest BCUT2D eigenvalue weighted by Crippen LogP contribution is 2.31. The fourth-order valence-electron chi connectivity index (χ4n) is 3.16. The Morgan fingerprint density at radius 1 is 1.31 bits per heavy atom. The van der Waals surface area contributed by atoms with Crippen molar-refractivity contribution < 1.29 is 22.4 Å². The van der Waals surface area contributed by atoms with Crippen LogP contribution in [0.1, 0.15) is 30.6 Å². The number of aromatic nitrogens is 1. The number of nitrogens with one attached hydrogen (secondary N) is 1. The predicted octanol–water partition coefficient (Wildman–Crippen LogP) is 3.35. The van der Waals surface area contributed by atoms with Crippen molar-refractivity contribution in [1.29, 1.82) is 0 Å². The maximum Gasteiger partial charge on any atom is 0.238 e. The first-order chi connectivity index (χ1) is 13.9. The molecule has 2 aromatic heterocycles. The van der Waals surface area contributed by atoms with E-state index in [0.717, 1.165) is 10.4 Å². The molecule has 1 aliphatic heterocycles. The van der Waals surface area contributed by atoms with Crippen molar-refractivity contribution in [2.75, 3.05) is 6.61 Å². The van der Waals surface area contributed by atoms with Crippen LogP contribution in [0.4, 0.5) is 0 Å². The van der Waals surface area contributed by atoms with Crippen LogP contribution >= 0.6 is 11.3 Å². The van der Waals surface area contributed by atoms with Crippen LogP contribution < -0.4 is 10.1 Å². The van der Waals surface area contributed by atoms with Gasteiger partial charge in [0.1, 0.15) is 17.3 Å². The molecule has 1 amide bonds. The molecular weight excluding hydrogens is 412 g/mol. The summed E-state index contributed by atoms with van der Waals surface area (Å²) in [6.45, 7) is 1.86. The summed E-state index contributed by atoms with van der Waals surface area (Å²) >= 11 is 1.45. The van der Waals surface area contributed by atoms with Crippen molar-refractivity contribution in [3.05, 3.63) is 59.3 Å². The van der Waals surface area contributed by atoms with Gasteiger partial charge in [-0.3, -0.25) is 4.79 Å². The highest BCUT2D eigenvalue weighted by atomic mass is 32.2. The standard InChI is InChI=1S/C20H20N2O5S2/c1-13(19(23)22-16-8-9-26-17-6-3-2-5-15(16)17)29(24,25)12-14-11-27-20(21-14)18-7-4-10-28-18/h2-7,10-11,13,16H,8-9,12H2,1H3,(H,22,23)/t13-,16+/m1/s1. The second-order valence-electron chi connectivity index (χ2n) is 6.81. The molecule has 3 aromatic rings. The number of fused-ring (bicyclic) bond motifs is 1. The molecule has 0 spiro atoms. The van der Waals surface area contributed by atoms with Crippen LogP contribution in [-0.4, -0.2) is 31.2 Å². The SMILES string of the molecule is C[C@H](C(=O)N[C@H]1CCOc2ccccc21)S(=O)(=O)Cc1coc(-c2cccs2)n1. The fraction of sp³-hybridized carbons (Fsp3) is 0.300. The molecule has 9 heteroatoms. The van der Waals surface area contributed by atoms with Crippen molar-refractivity contribution >= 4 is 27.1 Å². The molecule has 4 rings (SSSR count). The Balaban J connectivity index is 1.44. The molecule has 0 bridgehead atoms.